The van der Waals surface area contributed by atoms with E-state index >= 15 is 0 Å². The molecule has 0 unspecified atom stereocenters. The molecule has 0 saturated heterocycles. The Labute approximate surface area is 165 Å². The summed E-state index contributed by atoms with van der Waals surface area (Å²) < 4.78 is 26.9. The minimum absolute atomic E-state index is 0.107. The minimum atomic E-state index is -3.84. The van der Waals surface area contributed by atoms with Crippen LogP contribution in [0.1, 0.15) is 30.4 Å². The van der Waals surface area contributed by atoms with E-state index in [1.165, 1.54) is 0 Å². The van der Waals surface area contributed by atoms with Crippen LogP contribution >= 0.6 is 0 Å². The van der Waals surface area contributed by atoms with Gasteiger partial charge in [0.1, 0.15) is 6.04 Å². The van der Waals surface area contributed by atoms with Crippen LogP contribution in [0, 0.1) is 6.92 Å². The molecule has 0 aliphatic carbocycles. The molecule has 3 N–H and O–H groups in total. The zero-order chi connectivity index (χ0) is 20.6. The predicted molar refractivity (Wildman–Crippen MR) is 106 cm³/mol. The lowest BCUT2D eigenvalue weighted by atomic mass is 10.1. The number of nitrogens with two attached hydrogens (primary N) is 1. The summed E-state index contributed by atoms with van der Waals surface area (Å²) in [5, 5.41) is 8.85. The van der Waals surface area contributed by atoms with Crippen molar-refractivity contribution in [1.29, 1.82) is 0 Å². The molecule has 0 aromatic heterocycles. The van der Waals surface area contributed by atoms with Gasteiger partial charge in [-0.1, -0.05) is 52.5 Å². The third kappa shape index (κ3) is 6.42. The molecule has 152 valence electrons. The number of hydrogen-bond donors (Lipinski definition) is 2. The Morgan fingerprint density at radius 2 is 1.75 bits per heavy atom. The van der Waals surface area contributed by atoms with E-state index in [4.69, 9.17) is 15.7 Å². The van der Waals surface area contributed by atoms with E-state index in [0.29, 0.717) is 12.8 Å². The first-order valence-electron chi connectivity index (χ1n) is 9.05. The number of hydroxylamine groups is 1. The van der Waals surface area contributed by atoms with Gasteiger partial charge >= 0.3 is 5.97 Å². The molecular weight excluding hydrogens is 380 g/mol. The summed E-state index contributed by atoms with van der Waals surface area (Å²) in [5.41, 5.74) is 7.30. The SMILES string of the molecule is Cc1ccc(S(=O)(=O)N(CCCC[C@H](N)C(=O)O)OCc2ccccc2)cc1. The Hall–Kier alpha value is -2.26. The van der Waals surface area contributed by atoms with Gasteiger partial charge in [-0.3, -0.25) is 9.63 Å². The van der Waals surface area contributed by atoms with Crippen LogP contribution in [0.5, 0.6) is 0 Å². The van der Waals surface area contributed by atoms with Crippen molar-refractivity contribution in [2.24, 2.45) is 5.73 Å². The van der Waals surface area contributed by atoms with Crippen LogP contribution in [-0.2, 0) is 26.3 Å². The molecule has 0 aliphatic heterocycles. The van der Waals surface area contributed by atoms with Gasteiger partial charge < -0.3 is 10.8 Å². The van der Waals surface area contributed by atoms with Gasteiger partial charge in [-0.15, -0.1) is 0 Å². The lowest BCUT2D eigenvalue weighted by Crippen LogP contribution is -2.33. The highest BCUT2D eigenvalue weighted by atomic mass is 32.2. The predicted octanol–water partition coefficient (Wildman–Crippen LogP) is 2.70. The average Bonchev–Trinajstić information content (AvgIpc) is 2.68. The van der Waals surface area contributed by atoms with Crippen molar-refractivity contribution in [3.63, 3.8) is 0 Å². The second kappa shape index (κ2) is 10.3. The number of nitrogens with zero attached hydrogens (tertiary/aromatic N) is 1. The first-order valence-corrected chi connectivity index (χ1v) is 10.5. The highest BCUT2D eigenvalue weighted by Crippen LogP contribution is 2.19. The second-order valence-electron chi connectivity index (χ2n) is 6.54. The summed E-state index contributed by atoms with van der Waals surface area (Å²) >= 11 is 0. The number of rotatable bonds is 11. The molecule has 0 amide bonds. The van der Waals surface area contributed by atoms with Crippen LogP contribution in [0.2, 0.25) is 0 Å². The Kier molecular flexibility index (Phi) is 8.13. The third-order valence-corrected chi connectivity index (χ3v) is 5.92. The number of sulfonamides is 1. The highest BCUT2D eigenvalue weighted by molar-refractivity contribution is 7.89. The van der Waals surface area contributed by atoms with Crippen molar-refractivity contribution in [2.45, 2.75) is 43.7 Å². The lowest BCUT2D eigenvalue weighted by molar-refractivity contribution is -0.138. The summed E-state index contributed by atoms with van der Waals surface area (Å²) in [6, 6.07) is 14.9. The number of aryl methyl sites for hydroxylation is 1. The van der Waals surface area contributed by atoms with E-state index in [2.05, 4.69) is 0 Å². The van der Waals surface area contributed by atoms with Gasteiger partial charge in [-0.05, 0) is 43.9 Å². The van der Waals surface area contributed by atoms with Crippen molar-refractivity contribution < 1.29 is 23.2 Å². The van der Waals surface area contributed by atoms with Crippen molar-refractivity contribution in [1.82, 2.24) is 4.47 Å². The molecule has 1 atom stereocenters. The topological polar surface area (TPSA) is 110 Å². The number of hydrogen-bond acceptors (Lipinski definition) is 5. The molecule has 2 rings (SSSR count). The van der Waals surface area contributed by atoms with E-state index in [9.17, 15) is 13.2 Å². The van der Waals surface area contributed by atoms with Gasteiger partial charge in [-0.25, -0.2) is 8.42 Å². The fourth-order valence-corrected chi connectivity index (χ4v) is 3.81. The fraction of sp³-hybridized carbons (Fsp3) is 0.350. The van der Waals surface area contributed by atoms with Crippen LogP contribution < -0.4 is 5.73 Å². The van der Waals surface area contributed by atoms with Crippen molar-refractivity contribution in [3.8, 4) is 0 Å². The van der Waals surface area contributed by atoms with Crippen LogP contribution in [0.3, 0.4) is 0 Å². The smallest absolute Gasteiger partial charge is 0.320 e. The molecule has 0 fully saturated rings. The maximum Gasteiger partial charge on any atom is 0.320 e. The number of carboxylic acid groups (broad SMARTS) is 1. The van der Waals surface area contributed by atoms with Crippen LogP contribution in [-0.4, -0.2) is 36.5 Å². The summed E-state index contributed by atoms with van der Waals surface area (Å²) in [6.45, 7) is 2.10. The lowest BCUT2D eigenvalue weighted by Gasteiger charge is -2.22. The largest absolute Gasteiger partial charge is 0.480 e. The average molecular weight is 407 g/mol. The third-order valence-electron chi connectivity index (χ3n) is 4.23. The zero-order valence-electron chi connectivity index (χ0n) is 15.8. The number of carboxylic acids is 1. The molecule has 28 heavy (non-hydrogen) atoms. The number of aliphatic carboxylic acids is 1. The Morgan fingerprint density at radius 1 is 1.11 bits per heavy atom. The van der Waals surface area contributed by atoms with E-state index in [1.807, 2.05) is 37.3 Å². The standard InChI is InChI=1S/C20H26N2O5S/c1-16-10-12-18(13-11-16)28(25,26)22(14-6-5-9-19(21)20(23)24)27-15-17-7-3-2-4-8-17/h2-4,7-8,10-13,19H,5-6,9,14-15,21H2,1H3,(H,23,24)/t19-/m0/s1. The van der Waals surface area contributed by atoms with Gasteiger partial charge in [0, 0.05) is 6.54 Å². The minimum Gasteiger partial charge on any atom is -0.480 e. The molecule has 0 radical (unpaired) electrons. The summed E-state index contributed by atoms with van der Waals surface area (Å²) in [6.07, 6.45) is 1.18. The number of benzene rings is 2. The van der Waals surface area contributed by atoms with Gasteiger partial charge in [0.15, 0.2) is 0 Å². The van der Waals surface area contributed by atoms with Crippen LogP contribution in [0.25, 0.3) is 0 Å². The maximum absolute atomic E-state index is 13.0. The van der Waals surface area contributed by atoms with Gasteiger partial charge in [0.2, 0.25) is 0 Å². The normalized spacial score (nSPS) is 12.8. The molecule has 0 saturated carbocycles. The van der Waals surface area contributed by atoms with Crippen LogP contribution in [0.4, 0.5) is 0 Å². The molecular formula is C20H26N2O5S. The van der Waals surface area contributed by atoms with Gasteiger partial charge in [-0.2, -0.15) is 0 Å². The maximum atomic E-state index is 13.0. The molecule has 0 heterocycles. The number of carbonyl (C=O) groups is 1. The van der Waals surface area contributed by atoms with Crippen molar-refractivity contribution in [2.75, 3.05) is 6.54 Å². The number of unbranched alkanes of at least 4 members (excludes halogenated alkanes) is 1. The molecule has 0 bridgehead atoms. The van der Waals surface area contributed by atoms with E-state index in [0.717, 1.165) is 15.6 Å². The van der Waals surface area contributed by atoms with E-state index in [1.54, 1.807) is 24.3 Å². The molecule has 2 aromatic carbocycles. The molecule has 2 aromatic rings. The summed E-state index contributed by atoms with van der Waals surface area (Å²) in [4.78, 5) is 16.6. The van der Waals surface area contributed by atoms with E-state index in [-0.39, 0.29) is 24.5 Å². The van der Waals surface area contributed by atoms with Gasteiger partial charge in [0.05, 0.1) is 11.5 Å². The Bertz CT molecular complexity index is 854. The summed E-state index contributed by atoms with van der Waals surface area (Å²) in [5.74, 6) is -1.07. The van der Waals surface area contributed by atoms with E-state index < -0.39 is 22.0 Å². The first-order chi connectivity index (χ1) is 13.3. The van der Waals surface area contributed by atoms with Crippen LogP contribution in [0.15, 0.2) is 59.5 Å². The monoisotopic (exact) mass is 406 g/mol. The summed E-state index contributed by atoms with van der Waals surface area (Å²) in [7, 11) is -3.84. The second-order valence-corrected chi connectivity index (χ2v) is 8.37. The fourth-order valence-electron chi connectivity index (χ4n) is 2.53. The molecule has 0 spiro atoms. The van der Waals surface area contributed by atoms with Gasteiger partial charge in [0.25, 0.3) is 10.0 Å². The molecule has 0 aliphatic rings. The zero-order valence-corrected chi connectivity index (χ0v) is 16.6. The van der Waals surface area contributed by atoms with Crippen molar-refractivity contribution >= 4 is 16.0 Å². The Morgan fingerprint density at radius 3 is 2.36 bits per heavy atom. The molecule has 8 heteroatoms. The quantitative estimate of drug-likeness (QED) is 0.439. The molecule has 7 nitrogen and oxygen atoms in total. The van der Waals surface area contributed by atoms with Crippen molar-refractivity contribution in [3.05, 3.63) is 65.7 Å². The highest BCUT2D eigenvalue weighted by Gasteiger charge is 2.25. The first kappa shape index (κ1) is 22.0. The Balaban J connectivity index is 2.08.